The minimum atomic E-state index is -0.364. The second-order valence-corrected chi connectivity index (χ2v) is 4.75. The van der Waals surface area contributed by atoms with Crippen molar-refractivity contribution in [3.8, 4) is 5.75 Å². The predicted molar refractivity (Wildman–Crippen MR) is 71.3 cm³/mol. The zero-order valence-electron chi connectivity index (χ0n) is 11.1. The van der Waals surface area contributed by atoms with Gasteiger partial charge in [0.2, 0.25) is 0 Å². The molecule has 0 saturated carbocycles. The predicted octanol–water partition coefficient (Wildman–Crippen LogP) is 4.09. The highest BCUT2D eigenvalue weighted by Crippen LogP contribution is 2.23. The zero-order chi connectivity index (χ0) is 12.7. The van der Waals surface area contributed by atoms with E-state index >= 15 is 0 Å². The average Bonchev–Trinajstić information content (AvgIpc) is 2.28. The van der Waals surface area contributed by atoms with Crippen LogP contribution in [-0.4, -0.2) is 11.2 Å². The van der Waals surface area contributed by atoms with Crippen molar-refractivity contribution >= 4 is 0 Å². The molecular weight excluding hydrogens is 212 g/mol. The average molecular weight is 236 g/mol. The van der Waals surface area contributed by atoms with Gasteiger partial charge in [-0.05, 0) is 38.0 Å². The lowest BCUT2D eigenvalue weighted by atomic mass is 10.0. The molecule has 0 saturated heterocycles. The van der Waals surface area contributed by atoms with E-state index in [0.717, 1.165) is 24.2 Å². The minimum absolute atomic E-state index is 0.169. The highest BCUT2D eigenvalue weighted by molar-refractivity contribution is 5.30. The van der Waals surface area contributed by atoms with Crippen molar-refractivity contribution in [3.63, 3.8) is 0 Å². The summed E-state index contributed by atoms with van der Waals surface area (Å²) < 4.78 is 5.62. The normalized spacial score (nSPS) is 12.8. The molecule has 0 spiro atoms. The summed E-state index contributed by atoms with van der Waals surface area (Å²) in [6.45, 7) is 6.18. The van der Waals surface area contributed by atoms with E-state index in [1.54, 1.807) is 0 Å². The van der Waals surface area contributed by atoms with E-state index in [4.69, 9.17) is 4.74 Å². The van der Waals surface area contributed by atoms with Crippen LogP contribution in [0.1, 0.15) is 58.1 Å². The van der Waals surface area contributed by atoms with Crippen LogP contribution in [0, 0.1) is 0 Å². The van der Waals surface area contributed by atoms with Gasteiger partial charge in [-0.15, -0.1) is 0 Å². The highest BCUT2D eigenvalue weighted by Gasteiger charge is 2.08. The van der Waals surface area contributed by atoms with Crippen LogP contribution in [0.5, 0.6) is 5.75 Å². The maximum atomic E-state index is 10.1. The van der Waals surface area contributed by atoms with Gasteiger partial charge >= 0.3 is 0 Å². The van der Waals surface area contributed by atoms with Gasteiger partial charge in [0, 0.05) is 0 Å². The number of rotatable bonds is 7. The summed E-state index contributed by atoms with van der Waals surface area (Å²) in [6.07, 6.45) is 4.08. The Morgan fingerprint density at radius 2 is 2.00 bits per heavy atom. The summed E-state index contributed by atoms with van der Waals surface area (Å²) in [5.74, 6) is 0.840. The summed E-state index contributed by atoms with van der Waals surface area (Å²) in [5.41, 5.74) is 0.958. The second-order valence-electron chi connectivity index (χ2n) is 4.75. The standard InChI is InChI=1S/C15H24O2/c1-4-5-6-10-15(16)13-8-7-9-14(11-13)17-12(2)3/h7-9,11-12,15-16H,4-6,10H2,1-3H3. The van der Waals surface area contributed by atoms with Crippen molar-refractivity contribution in [2.24, 2.45) is 0 Å². The van der Waals surface area contributed by atoms with Crippen LogP contribution >= 0.6 is 0 Å². The molecule has 0 radical (unpaired) electrons. The topological polar surface area (TPSA) is 29.5 Å². The lowest BCUT2D eigenvalue weighted by molar-refractivity contribution is 0.162. The van der Waals surface area contributed by atoms with Crippen LogP contribution < -0.4 is 4.74 Å². The quantitative estimate of drug-likeness (QED) is 0.723. The summed E-state index contributed by atoms with van der Waals surface area (Å²) in [7, 11) is 0. The number of aliphatic hydroxyl groups excluding tert-OH is 1. The van der Waals surface area contributed by atoms with Gasteiger partial charge < -0.3 is 9.84 Å². The number of hydrogen-bond donors (Lipinski definition) is 1. The molecule has 0 bridgehead atoms. The fourth-order valence-electron chi connectivity index (χ4n) is 1.82. The molecule has 96 valence electrons. The smallest absolute Gasteiger partial charge is 0.120 e. The van der Waals surface area contributed by atoms with Crippen LogP contribution in [0.15, 0.2) is 24.3 Å². The molecule has 0 aliphatic carbocycles. The van der Waals surface area contributed by atoms with Crippen molar-refractivity contribution in [3.05, 3.63) is 29.8 Å². The fraction of sp³-hybridized carbons (Fsp3) is 0.600. The molecule has 17 heavy (non-hydrogen) atoms. The first-order valence-corrected chi connectivity index (χ1v) is 6.58. The van der Waals surface area contributed by atoms with Crippen molar-refractivity contribution in [2.75, 3.05) is 0 Å². The molecule has 0 aliphatic rings. The van der Waals surface area contributed by atoms with E-state index in [0.29, 0.717) is 0 Å². The molecule has 2 heteroatoms. The Morgan fingerprint density at radius 1 is 1.24 bits per heavy atom. The van der Waals surface area contributed by atoms with Crippen LogP contribution in [0.25, 0.3) is 0 Å². The van der Waals surface area contributed by atoms with E-state index in [-0.39, 0.29) is 12.2 Å². The molecular formula is C15H24O2. The highest BCUT2D eigenvalue weighted by atomic mass is 16.5. The van der Waals surface area contributed by atoms with E-state index in [2.05, 4.69) is 6.92 Å². The summed E-state index contributed by atoms with van der Waals surface area (Å²) >= 11 is 0. The van der Waals surface area contributed by atoms with Crippen LogP contribution in [0.4, 0.5) is 0 Å². The molecule has 0 fully saturated rings. The third-order valence-electron chi connectivity index (χ3n) is 2.70. The number of ether oxygens (including phenoxy) is 1. The van der Waals surface area contributed by atoms with Gasteiger partial charge in [0.15, 0.2) is 0 Å². The Kier molecular flexibility index (Phi) is 6.06. The molecule has 0 aromatic heterocycles. The lowest BCUT2D eigenvalue weighted by Crippen LogP contribution is -2.06. The first-order chi connectivity index (χ1) is 8.13. The van der Waals surface area contributed by atoms with E-state index in [1.165, 1.54) is 12.8 Å². The molecule has 2 nitrogen and oxygen atoms in total. The third-order valence-corrected chi connectivity index (χ3v) is 2.70. The van der Waals surface area contributed by atoms with Crippen molar-refractivity contribution < 1.29 is 9.84 Å². The van der Waals surface area contributed by atoms with Crippen LogP contribution in [-0.2, 0) is 0 Å². The Bertz CT molecular complexity index is 320. The molecule has 0 aliphatic heterocycles. The molecule has 1 aromatic carbocycles. The van der Waals surface area contributed by atoms with Gasteiger partial charge in [-0.3, -0.25) is 0 Å². The number of hydrogen-bond acceptors (Lipinski definition) is 2. The van der Waals surface area contributed by atoms with E-state index < -0.39 is 0 Å². The lowest BCUT2D eigenvalue weighted by Gasteiger charge is -2.14. The van der Waals surface area contributed by atoms with Crippen LogP contribution in [0.3, 0.4) is 0 Å². The van der Waals surface area contributed by atoms with Gasteiger partial charge in [0.25, 0.3) is 0 Å². The van der Waals surface area contributed by atoms with Gasteiger partial charge in [-0.1, -0.05) is 38.3 Å². The Labute approximate surface area is 105 Å². The van der Waals surface area contributed by atoms with Gasteiger partial charge in [-0.25, -0.2) is 0 Å². The largest absolute Gasteiger partial charge is 0.491 e. The van der Waals surface area contributed by atoms with Gasteiger partial charge in [0.1, 0.15) is 5.75 Å². The van der Waals surface area contributed by atoms with Gasteiger partial charge in [0.05, 0.1) is 12.2 Å². The first-order valence-electron chi connectivity index (χ1n) is 6.58. The number of unbranched alkanes of at least 4 members (excludes halogenated alkanes) is 2. The Hall–Kier alpha value is -1.02. The Balaban J connectivity index is 2.57. The molecule has 1 atom stereocenters. The zero-order valence-corrected chi connectivity index (χ0v) is 11.1. The second kappa shape index (κ2) is 7.33. The van der Waals surface area contributed by atoms with Crippen molar-refractivity contribution in [1.29, 1.82) is 0 Å². The number of benzene rings is 1. The first kappa shape index (κ1) is 14.0. The van der Waals surface area contributed by atoms with Crippen LogP contribution in [0.2, 0.25) is 0 Å². The van der Waals surface area contributed by atoms with Gasteiger partial charge in [-0.2, -0.15) is 0 Å². The fourth-order valence-corrected chi connectivity index (χ4v) is 1.82. The molecule has 0 heterocycles. The molecule has 1 rings (SSSR count). The molecule has 1 unspecified atom stereocenters. The van der Waals surface area contributed by atoms with Crippen molar-refractivity contribution in [2.45, 2.75) is 58.7 Å². The summed E-state index contributed by atoms with van der Waals surface area (Å²) in [4.78, 5) is 0. The maximum Gasteiger partial charge on any atom is 0.120 e. The minimum Gasteiger partial charge on any atom is -0.491 e. The number of aliphatic hydroxyl groups is 1. The Morgan fingerprint density at radius 3 is 2.65 bits per heavy atom. The maximum absolute atomic E-state index is 10.1. The third kappa shape index (κ3) is 5.22. The monoisotopic (exact) mass is 236 g/mol. The molecule has 1 N–H and O–H groups in total. The molecule has 0 amide bonds. The van der Waals surface area contributed by atoms with E-state index in [9.17, 15) is 5.11 Å². The van der Waals surface area contributed by atoms with E-state index in [1.807, 2.05) is 38.1 Å². The van der Waals surface area contributed by atoms with Crippen molar-refractivity contribution in [1.82, 2.24) is 0 Å². The summed E-state index contributed by atoms with van der Waals surface area (Å²) in [6, 6.07) is 7.78. The summed E-state index contributed by atoms with van der Waals surface area (Å²) in [5, 5.41) is 10.1. The SMILES string of the molecule is CCCCCC(O)c1cccc(OC(C)C)c1. The molecule has 1 aromatic rings.